The smallest absolute Gasteiger partial charge is 0.254 e. The van der Waals surface area contributed by atoms with Crippen molar-refractivity contribution in [2.45, 2.75) is 6.42 Å². The second kappa shape index (κ2) is 5.86. The van der Waals surface area contributed by atoms with Crippen LogP contribution in [0.25, 0.3) is 0 Å². The van der Waals surface area contributed by atoms with Gasteiger partial charge in [-0.15, -0.1) is 0 Å². The van der Waals surface area contributed by atoms with Crippen molar-refractivity contribution in [2.24, 2.45) is 4.99 Å². The summed E-state index contributed by atoms with van der Waals surface area (Å²) >= 11 is 0. The van der Waals surface area contributed by atoms with Gasteiger partial charge >= 0.3 is 0 Å². The maximum Gasteiger partial charge on any atom is 0.254 e. The minimum Gasteiger partial charge on any atom is -0.355 e. The van der Waals surface area contributed by atoms with Gasteiger partial charge in [-0.2, -0.15) is 0 Å². The molecule has 6 heteroatoms. The molecule has 0 unspecified atom stereocenters. The Bertz CT molecular complexity index is 483. The lowest BCUT2D eigenvalue weighted by atomic mass is 10.1. The van der Waals surface area contributed by atoms with E-state index in [0.717, 1.165) is 12.1 Å². The number of benzene rings is 1. The third-order valence-corrected chi connectivity index (χ3v) is 2.20. The number of amides is 1. The van der Waals surface area contributed by atoms with Gasteiger partial charge in [-0.25, -0.2) is 18.6 Å². The molecular formula is C11H10F2N2O2. The number of carbonyl (C=O) groups is 1. The van der Waals surface area contributed by atoms with Crippen LogP contribution in [0.3, 0.4) is 0 Å². The molecule has 0 bridgehead atoms. The van der Waals surface area contributed by atoms with Crippen LogP contribution in [-0.2, 0) is 11.2 Å². The van der Waals surface area contributed by atoms with Crippen LogP contribution in [-0.4, -0.2) is 25.6 Å². The van der Waals surface area contributed by atoms with Gasteiger partial charge in [-0.3, -0.25) is 4.79 Å². The predicted octanol–water partition coefficient (Wildman–Crippen LogP) is 1.20. The van der Waals surface area contributed by atoms with E-state index in [4.69, 9.17) is 0 Å². The number of isocyanates is 1. The molecule has 0 saturated heterocycles. The van der Waals surface area contributed by atoms with E-state index in [0.29, 0.717) is 0 Å². The van der Waals surface area contributed by atoms with Crippen molar-refractivity contribution in [3.05, 3.63) is 34.9 Å². The molecule has 0 fully saturated rings. The minimum atomic E-state index is -0.926. The summed E-state index contributed by atoms with van der Waals surface area (Å²) in [5.74, 6) is -2.33. The molecule has 0 radical (unpaired) electrons. The molecule has 17 heavy (non-hydrogen) atoms. The maximum atomic E-state index is 13.8. The van der Waals surface area contributed by atoms with Crippen molar-refractivity contribution in [1.82, 2.24) is 5.32 Å². The number of halogens is 2. The fraction of sp³-hybridized carbons (Fsp3) is 0.273. The lowest BCUT2D eigenvalue weighted by Gasteiger charge is -2.07. The fourth-order valence-corrected chi connectivity index (χ4v) is 1.35. The second-order valence-corrected chi connectivity index (χ2v) is 3.19. The van der Waals surface area contributed by atoms with Gasteiger partial charge in [0.1, 0.15) is 11.6 Å². The Morgan fingerprint density at radius 2 is 2.18 bits per heavy atom. The van der Waals surface area contributed by atoms with E-state index < -0.39 is 17.5 Å². The van der Waals surface area contributed by atoms with Crippen LogP contribution >= 0.6 is 0 Å². The standard InChI is InChI=1S/C11H10F2N2O2/c1-14-11(17)8-2-3-9(12)7(10(8)13)4-5-15-6-16/h2-3H,4-5H2,1H3,(H,14,17). The highest BCUT2D eigenvalue weighted by Crippen LogP contribution is 2.17. The van der Waals surface area contributed by atoms with Gasteiger partial charge in [0.2, 0.25) is 6.08 Å². The maximum absolute atomic E-state index is 13.8. The van der Waals surface area contributed by atoms with Crippen molar-refractivity contribution >= 4 is 12.0 Å². The predicted molar refractivity (Wildman–Crippen MR) is 56.4 cm³/mol. The molecule has 0 aliphatic heterocycles. The van der Waals surface area contributed by atoms with Gasteiger partial charge < -0.3 is 5.32 Å². The van der Waals surface area contributed by atoms with E-state index in [-0.39, 0.29) is 24.1 Å². The van der Waals surface area contributed by atoms with E-state index in [1.165, 1.54) is 13.1 Å². The van der Waals surface area contributed by atoms with Crippen LogP contribution in [0.2, 0.25) is 0 Å². The van der Waals surface area contributed by atoms with Crippen LogP contribution in [0.15, 0.2) is 17.1 Å². The van der Waals surface area contributed by atoms with Gasteiger partial charge in [-0.05, 0) is 18.6 Å². The largest absolute Gasteiger partial charge is 0.355 e. The highest BCUT2D eigenvalue weighted by Gasteiger charge is 2.17. The normalized spacial score (nSPS) is 9.59. The third-order valence-electron chi connectivity index (χ3n) is 2.20. The van der Waals surface area contributed by atoms with E-state index in [1.807, 2.05) is 0 Å². The first-order valence-corrected chi connectivity index (χ1v) is 4.84. The number of nitrogens with zero attached hydrogens (tertiary/aromatic N) is 1. The van der Waals surface area contributed by atoms with Crippen LogP contribution in [0.4, 0.5) is 8.78 Å². The van der Waals surface area contributed by atoms with E-state index in [2.05, 4.69) is 10.3 Å². The van der Waals surface area contributed by atoms with Gasteiger partial charge in [0.15, 0.2) is 0 Å². The van der Waals surface area contributed by atoms with Crippen molar-refractivity contribution in [3.8, 4) is 0 Å². The zero-order valence-corrected chi connectivity index (χ0v) is 9.09. The molecule has 0 atom stereocenters. The summed E-state index contributed by atoms with van der Waals surface area (Å²) in [6, 6.07) is 2.07. The Morgan fingerprint density at radius 1 is 1.47 bits per heavy atom. The van der Waals surface area contributed by atoms with Gasteiger partial charge in [-0.1, -0.05) is 0 Å². The molecule has 0 aromatic heterocycles. The lowest BCUT2D eigenvalue weighted by molar-refractivity contribution is 0.0958. The number of hydrogen-bond acceptors (Lipinski definition) is 3. The molecule has 1 aromatic rings. The molecule has 0 heterocycles. The Balaban J connectivity index is 3.10. The van der Waals surface area contributed by atoms with Crippen molar-refractivity contribution in [3.63, 3.8) is 0 Å². The summed E-state index contributed by atoms with van der Waals surface area (Å²) in [6.07, 6.45) is 1.18. The SMILES string of the molecule is CNC(=O)c1ccc(F)c(CCN=C=O)c1F. The molecule has 1 aromatic carbocycles. The van der Waals surface area contributed by atoms with E-state index in [9.17, 15) is 18.4 Å². The zero-order chi connectivity index (χ0) is 12.8. The first kappa shape index (κ1) is 13.0. The summed E-state index contributed by atoms with van der Waals surface area (Å²) in [6.45, 7) is -0.0749. The average molecular weight is 240 g/mol. The Morgan fingerprint density at radius 3 is 2.76 bits per heavy atom. The highest BCUT2D eigenvalue weighted by molar-refractivity contribution is 5.94. The molecule has 0 aliphatic rings. The molecule has 90 valence electrons. The van der Waals surface area contributed by atoms with Gasteiger partial charge in [0.05, 0.1) is 12.1 Å². The summed E-state index contributed by atoms with van der Waals surface area (Å²) < 4.78 is 27.1. The average Bonchev–Trinajstić information content (AvgIpc) is 2.32. The van der Waals surface area contributed by atoms with Crippen LogP contribution in [0, 0.1) is 11.6 Å². The monoisotopic (exact) mass is 240 g/mol. The number of carbonyl (C=O) groups excluding carboxylic acids is 2. The fourth-order valence-electron chi connectivity index (χ4n) is 1.35. The topological polar surface area (TPSA) is 58.5 Å². The summed E-state index contributed by atoms with van der Waals surface area (Å²) in [5.41, 5.74) is -0.496. The number of rotatable bonds is 4. The minimum absolute atomic E-state index is 0.0749. The van der Waals surface area contributed by atoms with E-state index in [1.54, 1.807) is 0 Å². The van der Waals surface area contributed by atoms with Gasteiger partial charge in [0.25, 0.3) is 5.91 Å². The Hall–Kier alpha value is -2.07. The molecule has 1 amide bonds. The number of hydrogen-bond donors (Lipinski definition) is 1. The Kier molecular flexibility index (Phi) is 4.48. The summed E-state index contributed by atoms with van der Waals surface area (Å²) in [4.78, 5) is 24.3. The molecule has 1 N–H and O–H groups in total. The molecule has 1 rings (SSSR count). The third kappa shape index (κ3) is 2.95. The number of aliphatic imine (C=N–C) groups is 1. The summed E-state index contributed by atoms with van der Waals surface area (Å²) in [5, 5.41) is 2.25. The van der Waals surface area contributed by atoms with Crippen LogP contribution in [0.5, 0.6) is 0 Å². The zero-order valence-electron chi connectivity index (χ0n) is 9.09. The van der Waals surface area contributed by atoms with Crippen molar-refractivity contribution < 1.29 is 18.4 Å². The van der Waals surface area contributed by atoms with E-state index >= 15 is 0 Å². The molecule has 0 spiro atoms. The number of nitrogens with one attached hydrogen (secondary N) is 1. The van der Waals surface area contributed by atoms with Crippen LogP contribution < -0.4 is 5.32 Å². The summed E-state index contributed by atoms with van der Waals surface area (Å²) in [7, 11) is 1.35. The van der Waals surface area contributed by atoms with Crippen LogP contribution in [0.1, 0.15) is 15.9 Å². The lowest BCUT2D eigenvalue weighted by Crippen LogP contribution is -2.20. The van der Waals surface area contributed by atoms with Crippen molar-refractivity contribution in [1.29, 1.82) is 0 Å². The molecular weight excluding hydrogens is 230 g/mol. The Labute approximate surface area is 96.4 Å². The van der Waals surface area contributed by atoms with Crippen molar-refractivity contribution in [2.75, 3.05) is 13.6 Å². The highest BCUT2D eigenvalue weighted by atomic mass is 19.1. The molecule has 0 aliphatic carbocycles. The molecule has 0 saturated carbocycles. The first-order chi connectivity index (χ1) is 8.11. The second-order valence-electron chi connectivity index (χ2n) is 3.19. The first-order valence-electron chi connectivity index (χ1n) is 4.84. The molecule has 4 nitrogen and oxygen atoms in total. The van der Waals surface area contributed by atoms with Gasteiger partial charge in [0, 0.05) is 12.6 Å². The quantitative estimate of drug-likeness (QED) is 0.635.